The number of piperidine rings is 2. The molecule has 3 heterocycles. The Balaban J connectivity index is 1.35. The van der Waals surface area contributed by atoms with Gasteiger partial charge in [-0.3, -0.25) is 14.5 Å². The topological polar surface area (TPSA) is 140 Å². The van der Waals surface area contributed by atoms with E-state index >= 15 is 0 Å². The number of nitrogens with two attached hydrogens (primary N) is 1. The second-order valence-electron chi connectivity index (χ2n) is 11.9. The van der Waals surface area contributed by atoms with Crippen molar-refractivity contribution in [3.8, 4) is 0 Å². The smallest absolute Gasteiger partial charge is 0.344 e. The van der Waals surface area contributed by atoms with Gasteiger partial charge in [0, 0.05) is 24.2 Å². The molecule has 1 aromatic carbocycles. The molecule has 3 unspecified atom stereocenters. The standard InChI is InChI=1S/C29H37N5O5/c30-28(37)26(32-39-16-25(35)36)27-29(38)34(24-10-2-1-9-23(24)31-27)22-14-19-7-4-8-20(15-22)33(19)21-12-17-5-3-6-18(11-17)13-21/h1-2,9-10,17-22H,3-8,11-16H2,(H2,30,37)(H,35,36)/b32-26-/t17?,18?,19-,20+,21?,22?. The number of carbonyl (C=O) groups excluding carboxylic acids is 1. The van der Waals surface area contributed by atoms with Gasteiger partial charge in [0.25, 0.3) is 11.5 Å². The van der Waals surface area contributed by atoms with Crippen molar-refractivity contribution < 1.29 is 19.5 Å². The molecule has 5 atom stereocenters. The fraction of sp³-hybridized carbons (Fsp3) is 0.621. The molecule has 10 nitrogen and oxygen atoms in total. The van der Waals surface area contributed by atoms with Gasteiger partial charge < -0.3 is 20.2 Å². The van der Waals surface area contributed by atoms with Crippen LogP contribution in [0.15, 0.2) is 34.2 Å². The molecule has 2 saturated heterocycles. The molecule has 4 fully saturated rings. The molecule has 2 aliphatic carbocycles. The van der Waals surface area contributed by atoms with Crippen LogP contribution in [0.5, 0.6) is 0 Å². The molecule has 0 radical (unpaired) electrons. The molecule has 10 heteroatoms. The van der Waals surface area contributed by atoms with Crippen LogP contribution in [0.3, 0.4) is 0 Å². The van der Waals surface area contributed by atoms with E-state index in [4.69, 9.17) is 15.7 Å². The third kappa shape index (κ3) is 5.06. The number of nitrogens with zero attached hydrogens (tertiary/aromatic N) is 4. The van der Waals surface area contributed by atoms with E-state index in [1.54, 1.807) is 10.6 Å². The van der Waals surface area contributed by atoms with Crippen molar-refractivity contribution in [3.05, 3.63) is 40.3 Å². The maximum Gasteiger partial charge on any atom is 0.344 e. The van der Waals surface area contributed by atoms with Gasteiger partial charge in [0.15, 0.2) is 11.4 Å². The monoisotopic (exact) mass is 535 g/mol. The van der Waals surface area contributed by atoms with Gasteiger partial charge in [0.2, 0.25) is 6.61 Å². The molecule has 3 N–H and O–H groups in total. The molecule has 2 saturated carbocycles. The van der Waals surface area contributed by atoms with E-state index < -0.39 is 29.8 Å². The van der Waals surface area contributed by atoms with Gasteiger partial charge in [-0.15, -0.1) is 0 Å². The average Bonchev–Trinajstić information content (AvgIpc) is 2.90. The summed E-state index contributed by atoms with van der Waals surface area (Å²) in [6.07, 6.45) is 13.4. The fourth-order valence-electron chi connectivity index (χ4n) is 8.16. The van der Waals surface area contributed by atoms with E-state index in [9.17, 15) is 14.4 Å². The number of hydrogen-bond acceptors (Lipinski definition) is 7. The van der Waals surface area contributed by atoms with Crippen LogP contribution < -0.4 is 11.3 Å². The van der Waals surface area contributed by atoms with Crippen LogP contribution in [0, 0.1) is 11.8 Å². The fourth-order valence-corrected chi connectivity index (χ4v) is 8.16. The highest BCUT2D eigenvalue weighted by atomic mass is 16.6. The Hall–Kier alpha value is -3.27. The first-order valence-electron chi connectivity index (χ1n) is 14.4. The molecule has 6 rings (SSSR count). The molecule has 208 valence electrons. The van der Waals surface area contributed by atoms with Crippen LogP contribution in [0.1, 0.15) is 82.4 Å². The van der Waals surface area contributed by atoms with Gasteiger partial charge in [0.05, 0.1) is 11.0 Å². The molecule has 4 bridgehead atoms. The third-order valence-corrected chi connectivity index (χ3v) is 9.49. The molecule has 2 aromatic rings. The van der Waals surface area contributed by atoms with Crippen molar-refractivity contribution in [2.75, 3.05) is 6.61 Å². The molecule has 1 amide bonds. The Labute approximate surface area is 227 Å². The predicted molar refractivity (Wildman–Crippen MR) is 145 cm³/mol. The van der Waals surface area contributed by atoms with Crippen molar-refractivity contribution in [1.82, 2.24) is 14.5 Å². The first kappa shape index (κ1) is 26.0. The Morgan fingerprint density at radius 2 is 1.62 bits per heavy atom. The Kier molecular flexibility index (Phi) is 7.14. The zero-order valence-corrected chi connectivity index (χ0v) is 22.2. The summed E-state index contributed by atoms with van der Waals surface area (Å²) in [4.78, 5) is 49.2. The molecule has 4 aliphatic rings. The Bertz CT molecular complexity index is 1330. The Morgan fingerprint density at radius 3 is 2.28 bits per heavy atom. The molecule has 2 aliphatic heterocycles. The highest BCUT2D eigenvalue weighted by Gasteiger charge is 2.45. The van der Waals surface area contributed by atoms with Crippen LogP contribution in [0.2, 0.25) is 0 Å². The summed E-state index contributed by atoms with van der Waals surface area (Å²) < 4.78 is 1.78. The van der Waals surface area contributed by atoms with Crippen LogP contribution >= 0.6 is 0 Å². The minimum Gasteiger partial charge on any atom is -0.479 e. The van der Waals surface area contributed by atoms with Crippen LogP contribution in [-0.4, -0.2) is 61.9 Å². The van der Waals surface area contributed by atoms with Gasteiger partial charge in [-0.1, -0.05) is 43.0 Å². The number of fused-ring (bicyclic) bond motifs is 5. The summed E-state index contributed by atoms with van der Waals surface area (Å²) in [6.45, 7) is -0.761. The highest BCUT2D eigenvalue weighted by Crippen LogP contribution is 2.47. The van der Waals surface area contributed by atoms with Crippen LogP contribution in [-0.2, 0) is 14.4 Å². The number of aromatic nitrogens is 2. The summed E-state index contributed by atoms with van der Waals surface area (Å²) in [7, 11) is 0. The number of hydrogen-bond donors (Lipinski definition) is 2. The normalized spacial score (nSPS) is 31.1. The molecule has 0 spiro atoms. The number of carbonyl (C=O) groups is 2. The molecular formula is C29H37N5O5. The van der Waals surface area contributed by atoms with Gasteiger partial charge in [0.1, 0.15) is 0 Å². The lowest BCUT2D eigenvalue weighted by molar-refractivity contribution is -0.142. The zero-order valence-electron chi connectivity index (χ0n) is 22.2. The number of para-hydroxylation sites is 2. The first-order chi connectivity index (χ1) is 18.9. The quantitative estimate of drug-likeness (QED) is 0.410. The van der Waals surface area contributed by atoms with Crippen molar-refractivity contribution in [3.63, 3.8) is 0 Å². The maximum absolute atomic E-state index is 14.0. The lowest BCUT2D eigenvalue weighted by atomic mass is 9.68. The molecular weight excluding hydrogens is 498 g/mol. The third-order valence-electron chi connectivity index (χ3n) is 9.49. The van der Waals surface area contributed by atoms with Crippen molar-refractivity contribution in [2.24, 2.45) is 22.7 Å². The SMILES string of the molecule is NC(=O)/C(=N\OCC(=O)O)c1nc2ccccc2n(C2C[C@H]3CCC[C@@H](C2)N3C2CC3CCCC(C3)C2)c1=O. The van der Waals surface area contributed by atoms with Gasteiger partial charge in [-0.05, 0) is 68.9 Å². The van der Waals surface area contributed by atoms with E-state index in [0.29, 0.717) is 29.2 Å². The average molecular weight is 536 g/mol. The number of amides is 1. The summed E-state index contributed by atoms with van der Waals surface area (Å²) >= 11 is 0. The minimum atomic E-state index is -1.26. The van der Waals surface area contributed by atoms with Crippen molar-refractivity contribution in [2.45, 2.75) is 94.8 Å². The maximum atomic E-state index is 14.0. The number of aliphatic carboxylic acids is 1. The van der Waals surface area contributed by atoms with E-state index in [1.807, 2.05) is 18.2 Å². The lowest BCUT2D eigenvalue weighted by Crippen LogP contribution is -2.58. The number of oxime groups is 1. The van der Waals surface area contributed by atoms with E-state index in [-0.39, 0.29) is 11.7 Å². The second-order valence-corrected chi connectivity index (χ2v) is 11.9. The number of primary amides is 1. The van der Waals surface area contributed by atoms with Crippen molar-refractivity contribution >= 4 is 28.6 Å². The van der Waals surface area contributed by atoms with Crippen molar-refractivity contribution in [1.29, 1.82) is 0 Å². The molecule has 1 aromatic heterocycles. The summed E-state index contributed by atoms with van der Waals surface area (Å²) in [5.74, 6) is -0.525. The largest absolute Gasteiger partial charge is 0.479 e. The van der Waals surface area contributed by atoms with E-state index in [1.165, 1.54) is 44.9 Å². The van der Waals surface area contributed by atoms with E-state index in [0.717, 1.165) is 37.5 Å². The number of rotatable bonds is 7. The summed E-state index contributed by atoms with van der Waals surface area (Å²) in [6, 6.07) is 8.85. The zero-order chi connectivity index (χ0) is 27.1. The first-order valence-corrected chi connectivity index (χ1v) is 14.4. The summed E-state index contributed by atoms with van der Waals surface area (Å²) in [5, 5.41) is 12.5. The molecule has 39 heavy (non-hydrogen) atoms. The number of carboxylic acids is 1. The van der Waals surface area contributed by atoms with Gasteiger partial charge in [-0.2, -0.15) is 0 Å². The minimum absolute atomic E-state index is 0.0483. The van der Waals surface area contributed by atoms with Gasteiger partial charge in [-0.25, -0.2) is 9.78 Å². The number of carboxylic acid groups (broad SMARTS) is 1. The summed E-state index contributed by atoms with van der Waals surface area (Å²) in [5.41, 5.74) is 5.69. The van der Waals surface area contributed by atoms with E-state index in [2.05, 4.69) is 15.0 Å². The second kappa shape index (κ2) is 10.7. The highest BCUT2D eigenvalue weighted by molar-refractivity contribution is 6.44. The predicted octanol–water partition coefficient (Wildman–Crippen LogP) is 3.21. The Morgan fingerprint density at radius 1 is 0.949 bits per heavy atom. The van der Waals surface area contributed by atoms with Gasteiger partial charge >= 0.3 is 5.97 Å². The lowest BCUT2D eigenvalue weighted by Gasteiger charge is -2.55. The van der Waals surface area contributed by atoms with Crippen LogP contribution in [0.25, 0.3) is 11.0 Å². The number of benzene rings is 1. The van der Waals surface area contributed by atoms with Crippen LogP contribution in [0.4, 0.5) is 0 Å².